The van der Waals surface area contributed by atoms with E-state index in [0.29, 0.717) is 6.42 Å². The second-order valence-corrected chi connectivity index (χ2v) is 5.13. The van der Waals surface area contributed by atoms with Crippen molar-refractivity contribution < 1.29 is 14.6 Å². The fourth-order valence-electron chi connectivity index (χ4n) is 2.01. The van der Waals surface area contributed by atoms with Gasteiger partial charge in [0.05, 0.1) is 19.1 Å². The summed E-state index contributed by atoms with van der Waals surface area (Å²) in [5.74, 6) is -1.08. The van der Waals surface area contributed by atoms with Crippen LogP contribution in [0.2, 0.25) is 0 Å². The van der Waals surface area contributed by atoms with E-state index in [1.54, 1.807) is 0 Å². The van der Waals surface area contributed by atoms with Gasteiger partial charge < -0.3 is 9.84 Å². The Hall–Kier alpha value is -0.910. The number of ether oxygens (including phenoxy) is 1. The average molecular weight is 255 g/mol. The Morgan fingerprint density at radius 3 is 2.88 bits per heavy atom. The lowest BCUT2D eigenvalue weighted by molar-refractivity contribution is -0.139. The van der Waals surface area contributed by atoms with Gasteiger partial charge in [-0.25, -0.2) is 0 Å². The van der Waals surface area contributed by atoms with Crippen LogP contribution in [0.25, 0.3) is 0 Å². The van der Waals surface area contributed by atoms with Gasteiger partial charge in [0.1, 0.15) is 0 Å². The maximum Gasteiger partial charge on any atom is 0.311 e. The molecular weight excluding hydrogens is 238 g/mol. The highest BCUT2D eigenvalue weighted by Crippen LogP contribution is 2.25. The first-order valence-electron chi connectivity index (χ1n) is 5.83. The molecule has 1 atom stereocenters. The van der Waals surface area contributed by atoms with Crippen LogP contribution in [-0.2, 0) is 9.53 Å². The van der Waals surface area contributed by atoms with Gasteiger partial charge in [-0.05, 0) is 24.4 Å². The van der Waals surface area contributed by atoms with E-state index in [-0.39, 0.29) is 5.92 Å². The molecule has 0 amide bonds. The molecule has 1 unspecified atom stereocenters. The van der Waals surface area contributed by atoms with Crippen LogP contribution >= 0.6 is 11.3 Å². The highest BCUT2D eigenvalue weighted by atomic mass is 32.1. The Balaban J connectivity index is 1.88. The fourth-order valence-corrected chi connectivity index (χ4v) is 2.87. The summed E-state index contributed by atoms with van der Waals surface area (Å²) in [7, 11) is 0. The lowest BCUT2D eigenvalue weighted by Crippen LogP contribution is -2.37. The molecule has 1 N–H and O–H groups in total. The molecule has 0 radical (unpaired) electrons. The molecule has 2 heterocycles. The Morgan fingerprint density at radius 1 is 1.53 bits per heavy atom. The van der Waals surface area contributed by atoms with E-state index < -0.39 is 5.97 Å². The van der Waals surface area contributed by atoms with Gasteiger partial charge >= 0.3 is 5.97 Å². The average Bonchev–Trinajstić information content (AvgIpc) is 2.84. The maximum atomic E-state index is 11.2. The number of carbonyl (C=O) groups is 1. The molecular formula is C12H17NO3S. The number of hydrogen-bond acceptors (Lipinski definition) is 4. The van der Waals surface area contributed by atoms with E-state index in [2.05, 4.69) is 4.90 Å². The van der Waals surface area contributed by atoms with E-state index in [1.165, 1.54) is 11.3 Å². The van der Waals surface area contributed by atoms with Crippen LogP contribution in [0.3, 0.4) is 0 Å². The number of aliphatic carboxylic acids is 1. The second-order valence-electron chi connectivity index (χ2n) is 4.15. The molecule has 5 heteroatoms. The summed E-state index contributed by atoms with van der Waals surface area (Å²) in [6.07, 6.45) is 0.676. The van der Waals surface area contributed by atoms with Gasteiger partial charge in [-0.15, -0.1) is 11.3 Å². The Morgan fingerprint density at radius 2 is 2.29 bits per heavy atom. The van der Waals surface area contributed by atoms with Crippen molar-refractivity contribution in [1.29, 1.82) is 0 Å². The van der Waals surface area contributed by atoms with Crippen LogP contribution < -0.4 is 0 Å². The minimum absolute atomic E-state index is 0.363. The first-order valence-corrected chi connectivity index (χ1v) is 6.71. The Labute approximate surface area is 105 Å². The molecule has 0 aromatic carbocycles. The van der Waals surface area contributed by atoms with Gasteiger partial charge in [-0.3, -0.25) is 9.69 Å². The van der Waals surface area contributed by atoms with Crippen LogP contribution in [0, 0.1) is 0 Å². The number of thiophene rings is 1. The summed E-state index contributed by atoms with van der Waals surface area (Å²) in [6.45, 7) is 4.18. The van der Waals surface area contributed by atoms with Crippen molar-refractivity contribution in [2.45, 2.75) is 12.3 Å². The van der Waals surface area contributed by atoms with E-state index in [0.717, 1.165) is 37.7 Å². The van der Waals surface area contributed by atoms with Gasteiger partial charge in [-0.2, -0.15) is 0 Å². The quantitative estimate of drug-likeness (QED) is 0.869. The van der Waals surface area contributed by atoms with Crippen LogP contribution in [0.5, 0.6) is 0 Å². The monoisotopic (exact) mass is 255 g/mol. The van der Waals surface area contributed by atoms with Gasteiger partial charge in [0, 0.05) is 18.0 Å². The van der Waals surface area contributed by atoms with Crippen molar-refractivity contribution in [2.75, 3.05) is 32.8 Å². The van der Waals surface area contributed by atoms with Crippen LogP contribution in [-0.4, -0.2) is 48.8 Å². The Kier molecular flexibility index (Phi) is 4.53. The molecule has 4 nitrogen and oxygen atoms in total. The second kappa shape index (κ2) is 6.14. The number of hydrogen-bond donors (Lipinski definition) is 1. The predicted octanol–water partition coefficient (Wildman–Crippen LogP) is 1.64. The van der Waals surface area contributed by atoms with Crippen molar-refractivity contribution in [3.63, 3.8) is 0 Å². The van der Waals surface area contributed by atoms with Crippen molar-refractivity contribution in [2.24, 2.45) is 0 Å². The predicted molar refractivity (Wildman–Crippen MR) is 66.6 cm³/mol. The van der Waals surface area contributed by atoms with Crippen molar-refractivity contribution in [3.05, 3.63) is 22.4 Å². The summed E-state index contributed by atoms with van der Waals surface area (Å²) in [5, 5.41) is 11.2. The van der Waals surface area contributed by atoms with Crippen LogP contribution in [0.4, 0.5) is 0 Å². The van der Waals surface area contributed by atoms with E-state index >= 15 is 0 Å². The molecule has 1 aromatic heterocycles. The molecule has 0 aliphatic carbocycles. The number of carboxylic acid groups (broad SMARTS) is 1. The molecule has 2 rings (SSSR count). The summed E-state index contributed by atoms with van der Waals surface area (Å²) >= 11 is 1.52. The third-order valence-electron chi connectivity index (χ3n) is 3.02. The standard InChI is InChI=1S/C12H17NO3S/c14-12(15)10(11-2-1-9-17-11)3-4-13-5-7-16-8-6-13/h1-2,9-10H,3-8H2,(H,14,15). The zero-order chi connectivity index (χ0) is 12.1. The summed E-state index contributed by atoms with van der Waals surface area (Å²) < 4.78 is 5.27. The van der Waals surface area contributed by atoms with Gasteiger partial charge in [-0.1, -0.05) is 6.07 Å². The zero-order valence-corrected chi connectivity index (χ0v) is 10.5. The number of morpholine rings is 1. The largest absolute Gasteiger partial charge is 0.481 e. The SMILES string of the molecule is O=C(O)C(CCN1CCOCC1)c1cccs1. The van der Waals surface area contributed by atoms with E-state index in [9.17, 15) is 9.90 Å². The molecule has 1 saturated heterocycles. The summed E-state index contributed by atoms with van der Waals surface area (Å²) in [6, 6.07) is 3.81. The third kappa shape index (κ3) is 3.52. The zero-order valence-electron chi connectivity index (χ0n) is 9.67. The fraction of sp³-hybridized carbons (Fsp3) is 0.583. The molecule has 1 aromatic rings. The van der Waals surface area contributed by atoms with E-state index in [4.69, 9.17) is 4.74 Å². The minimum atomic E-state index is -0.722. The molecule has 94 valence electrons. The minimum Gasteiger partial charge on any atom is -0.481 e. The van der Waals surface area contributed by atoms with Crippen molar-refractivity contribution in [3.8, 4) is 0 Å². The van der Waals surface area contributed by atoms with Gasteiger partial charge in [0.2, 0.25) is 0 Å². The van der Waals surface area contributed by atoms with Gasteiger partial charge in [0.25, 0.3) is 0 Å². The number of carboxylic acids is 1. The third-order valence-corrected chi connectivity index (χ3v) is 4.01. The van der Waals surface area contributed by atoms with Gasteiger partial charge in [0.15, 0.2) is 0 Å². The number of nitrogens with zero attached hydrogens (tertiary/aromatic N) is 1. The molecule has 0 bridgehead atoms. The molecule has 1 aliphatic rings. The smallest absolute Gasteiger partial charge is 0.311 e. The lowest BCUT2D eigenvalue weighted by atomic mass is 10.0. The molecule has 0 spiro atoms. The highest BCUT2D eigenvalue weighted by molar-refractivity contribution is 7.10. The lowest BCUT2D eigenvalue weighted by Gasteiger charge is -2.27. The Bertz CT molecular complexity index is 347. The number of rotatable bonds is 5. The van der Waals surface area contributed by atoms with Crippen molar-refractivity contribution in [1.82, 2.24) is 4.90 Å². The van der Waals surface area contributed by atoms with E-state index in [1.807, 2.05) is 17.5 Å². The maximum absolute atomic E-state index is 11.2. The topological polar surface area (TPSA) is 49.8 Å². The molecule has 1 aliphatic heterocycles. The van der Waals surface area contributed by atoms with Crippen molar-refractivity contribution >= 4 is 17.3 Å². The molecule has 17 heavy (non-hydrogen) atoms. The summed E-state index contributed by atoms with van der Waals surface area (Å²) in [4.78, 5) is 14.5. The highest BCUT2D eigenvalue weighted by Gasteiger charge is 2.22. The van der Waals surface area contributed by atoms with Crippen LogP contribution in [0.1, 0.15) is 17.2 Å². The normalized spacial score (nSPS) is 19.1. The first kappa shape index (κ1) is 12.5. The van der Waals surface area contributed by atoms with Crippen LogP contribution in [0.15, 0.2) is 17.5 Å². The molecule has 0 saturated carbocycles. The first-order chi connectivity index (χ1) is 8.27. The summed E-state index contributed by atoms with van der Waals surface area (Å²) in [5.41, 5.74) is 0. The molecule has 1 fully saturated rings.